The molecule has 0 heterocycles. The van der Waals surface area contributed by atoms with Gasteiger partial charge in [-0.25, -0.2) is 0 Å². The Morgan fingerprint density at radius 1 is 1.07 bits per heavy atom. The third kappa shape index (κ3) is 6.70. The summed E-state index contributed by atoms with van der Waals surface area (Å²) in [6, 6.07) is 18.0. The van der Waals surface area contributed by atoms with E-state index in [1.54, 1.807) is 23.9 Å². The summed E-state index contributed by atoms with van der Waals surface area (Å²) < 4.78 is 0. The number of nitrogens with zero attached hydrogens (tertiary/aromatic N) is 1. The highest BCUT2D eigenvalue weighted by Gasteiger charge is 2.33. The molecule has 0 fully saturated rings. The van der Waals surface area contributed by atoms with Gasteiger partial charge in [-0.2, -0.15) is 0 Å². The minimum absolute atomic E-state index is 0.145. The van der Waals surface area contributed by atoms with E-state index in [0.717, 1.165) is 24.2 Å². The van der Waals surface area contributed by atoms with Gasteiger partial charge in [-0.15, -0.1) is 11.8 Å². The molecule has 0 saturated heterocycles. The summed E-state index contributed by atoms with van der Waals surface area (Å²) in [4.78, 5) is 28.5. The lowest BCUT2D eigenvalue weighted by molar-refractivity contribution is -0.127. The third-order valence-corrected chi connectivity index (χ3v) is 5.95. The number of para-hydroxylation sites is 1. The molecule has 0 aliphatic rings. The molecule has 0 saturated carbocycles. The average molecular weight is 415 g/mol. The molecule has 0 aliphatic carbocycles. The van der Waals surface area contributed by atoms with Crippen molar-refractivity contribution in [2.75, 3.05) is 23.8 Å². The number of thioether (sulfide) groups is 1. The van der Waals surface area contributed by atoms with Crippen molar-refractivity contribution in [3.05, 3.63) is 60.7 Å². The lowest BCUT2D eigenvalue weighted by Gasteiger charge is -2.32. The van der Waals surface area contributed by atoms with Crippen molar-refractivity contribution in [3.63, 3.8) is 0 Å². The van der Waals surface area contributed by atoms with Gasteiger partial charge in [0.2, 0.25) is 5.91 Å². The van der Waals surface area contributed by atoms with Crippen LogP contribution >= 0.6 is 11.8 Å². The van der Waals surface area contributed by atoms with E-state index in [4.69, 9.17) is 5.73 Å². The van der Waals surface area contributed by atoms with E-state index >= 15 is 0 Å². The fraction of sp³-hybridized carbons (Fsp3) is 0.391. The number of carbonyl (C=O) groups excluding carboxylic acids is 2. The summed E-state index contributed by atoms with van der Waals surface area (Å²) in [6.07, 6.45) is 2.63. The van der Waals surface area contributed by atoms with Gasteiger partial charge in [-0.05, 0) is 30.7 Å². The van der Waals surface area contributed by atoms with Gasteiger partial charge in [0.25, 0.3) is 0 Å². The van der Waals surface area contributed by atoms with Crippen LogP contribution in [0.2, 0.25) is 0 Å². The summed E-state index contributed by atoms with van der Waals surface area (Å²) in [5, 5.41) is 9.90. The molecule has 0 aromatic heterocycles. The first-order valence-corrected chi connectivity index (χ1v) is 11.0. The lowest BCUT2D eigenvalue weighted by Crippen LogP contribution is -2.52. The second-order valence-corrected chi connectivity index (χ2v) is 7.97. The van der Waals surface area contributed by atoms with Gasteiger partial charge in [0.1, 0.15) is 6.04 Å². The maximum Gasteiger partial charge on any atom is 0.231 e. The Morgan fingerprint density at radius 3 is 2.24 bits per heavy atom. The van der Waals surface area contributed by atoms with Crippen LogP contribution in [0.3, 0.4) is 0 Å². The summed E-state index contributed by atoms with van der Waals surface area (Å²) in [7, 11) is 0. The molecule has 0 aliphatic heterocycles. The van der Waals surface area contributed by atoms with E-state index in [9.17, 15) is 14.7 Å². The van der Waals surface area contributed by atoms with Crippen molar-refractivity contribution in [1.29, 1.82) is 0 Å². The van der Waals surface area contributed by atoms with Crippen molar-refractivity contribution in [2.24, 2.45) is 11.7 Å². The smallest absolute Gasteiger partial charge is 0.231 e. The molecule has 1 amide bonds. The van der Waals surface area contributed by atoms with Crippen LogP contribution in [0.25, 0.3) is 0 Å². The SMILES string of the molecule is CCCCC(CSc1ccccc1)C(=O)N(c1ccccc1)[C@@H](CO)C(=O)CN. The fourth-order valence-electron chi connectivity index (χ4n) is 3.15. The minimum Gasteiger partial charge on any atom is -0.394 e. The highest BCUT2D eigenvalue weighted by molar-refractivity contribution is 7.99. The van der Waals surface area contributed by atoms with Crippen molar-refractivity contribution in [2.45, 2.75) is 37.1 Å². The first-order valence-electron chi connectivity index (χ1n) is 10.0. The molecular weight excluding hydrogens is 384 g/mol. The highest BCUT2D eigenvalue weighted by atomic mass is 32.2. The second-order valence-electron chi connectivity index (χ2n) is 6.88. The first-order chi connectivity index (χ1) is 14.1. The molecule has 3 N–H and O–H groups in total. The number of amides is 1. The van der Waals surface area contributed by atoms with Crippen LogP contribution in [-0.4, -0.2) is 41.7 Å². The van der Waals surface area contributed by atoms with E-state index in [0.29, 0.717) is 11.4 Å². The van der Waals surface area contributed by atoms with Gasteiger partial charge in [0.15, 0.2) is 5.78 Å². The Hall–Kier alpha value is -2.15. The third-order valence-electron chi connectivity index (χ3n) is 4.78. The molecular formula is C23H30N2O3S. The number of hydrogen-bond donors (Lipinski definition) is 2. The van der Waals surface area contributed by atoms with Crippen molar-refractivity contribution in [1.82, 2.24) is 0 Å². The predicted octanol–water partition coefficient (Wildman–Crippen LogP) is 3.51. The molecule has 5 nitrogen and oxygen atoms in total. The molecule has 6 heteroatoms. The Morgan fingerprint density at radius 2 is 1.69 bits per heavy atom. The molecule has 0 bridgehead atoms. The van der Waals surface area contributed by atoms with E-state index in [1.807, 2.05) is 48.5 Å². The number of hydrogen-bond acceptors (Lipinski definition) is 5. The number of anilines is 1. The minimum atomic E-state index is -0.972. The second kappa shape index (κ2) is 12.4. The lowest BCUT2D eigenvalue weighted by atomic mass is 10.00. The molecule has 29 heavy (non-hydrogen) atoms. The standard InChI is InChI=1S/C23H30N2O3S/c1-2-3-10-18(17-29-20-13-8-5-9-14-20)23(28)25(19-11-6-4-7-12-19)21(16-26)22(27)15-24/h4-9,11-14,18,21,26H,2-3,10,15-17,24H2,1H3/t18?,21-/m0/s1. The zero-order valence-electron chi connectivity index (χ0n) is 16.9. The quantitative estimate of drug-likeness (QED) is 0.519. The Kier molecular flexibility index (Phi) is 9.91. The Labute approximate surface area is 177 Å². The molecule has 2 rings (SSSR count). The molecule has 0 radical (unpaired) electrons. The maximum atomic E-state index is 13.6. The molecule has 156 valence electrons. The van der Waals surface area contributed by atoms with E-state index in [1.165, 1.54) is 4.90 Å². The maximum absolute atomic E-state index is 13.6. The molecule has 2 atom stereocenters. The molecule has 2 aromatic rings. The topological polar surface area (TPSA) is 83.6 Å². The number of Topliss-reactive ketones (excluding diaryl/α,β-unsaturated/α-hetero) is 1. The highest BCUT2D eigenvalue weighted by Crippen LogP contribution is 2.27. The van der Waals surface area contributed by atoms with Crippen LogP contribution in [-0.2, 0) is 9.59 Å². The van der Waals surface area contributed by atoms with Gasteiger partial charge in [-0.3, -0.25) is 14.5 Å². The van der Waals surface area contributed by atoms with E-state index in [-0.39, 0.29) is 24.2 Å². The Balaban J connectivity index is 2.30. The first kappa shape index (κ1) is 23.1. The van der Waals surface area contributed by atoms with E-state index in [2.05, 4.69) is 6.92 Å². The molecule has 0 spiro atoms. The van der Waals surface area contributed by atoms with Crippen LogP contribution in [0.1, 0.15) is 26.2 Å². The van der Waals surface area contributed by atoms with Crippen molar-refractivity contribution in [3.8, 4) is 0 Å². The number of aliphatic hydroxyl groups is 1. The zero-order chi connectivity index (χ0) is 21.1. The number of aliphatic hydroxyl groups excluding tert-OH is 1. The molecule has 1 unspecified atom stereocenters. The number of carbonyl (C=O) groups is 2. The number of rotatable bonds is 12. The monoisotopic (exact) mass is 414 g/mol. The van der Waals surface area contributed by atoms with Gasteiger partial charge < -0.3 is 10.8 Å². The molecule has 2 aromatic carbocycles. The van der Waals surface area contributed by atoms with Crippen LogP contribution < -0.4 is 10.6 Å². The Bertz CT molecular complexity index is 755. The number of nitrogens with two attached hydrogens (primary N) is 1. The van der Waals surface area contributed by atoms with Crippen molar-refractivity contribution >= 4 is 29.1 Å². The van der Waals surface area contributed by atoms with Crippen molar-refractivity contribution < 1.29 is 14.7 Å². The van der Waals surface area contributed by atoms with Crippen LogP contribution in [0, 0.1) is 5.92 Å². The van der Waals surface area contributed by atoms with Gasteiger partial charge in [0, 0.05) is 22.3 Å². The predicted molar refractivity (Wildman–Crippen MR) is 119 cm³/mol. The normalized spacial score (nSPS) is 12.9. The van der Waals surface area contributed by atoms with Crippen LogP contribution in [0.4, 0.5) is 5.69 Å². The van der Waals surface area contributed by atoms with Gasteiger partial charge in [-0.1, -0.05) is 56.2 Å². The number of ketones is 1. The largest absolute Gasteiger partial charge is 0.394 e. The fourth-order valence-corrected chi connectivity index (χ4v) is 4.20. The number of benzene rings is 2. The summed E-state index contributed by atoms with van der Waals surface area (Å²) in [6.45, 7) is 1.42. The van der Waals surface area contributed by atoms with E-state index < -0.39 is 12.6 Å². The summed E-state index contributed by atoms with van der Waals surface area (Å²) >= 11 is 1.63. The van der Waals surface area contributed by atoms with Crippen LogP contribution in [0.15, 0.2) is 65.6 Å². The van der Waals surface area contributed by atoms with Gasteiger partial charge in [0.05, 0.1) is 13.2 Å². The van der Waals surface area contributed by atoms with Crippen LogP contribution in [0.5, 0.6) is 0 Å². The summed E-state index contributed by atoms with van der Waals surface area (Å²) in [5.74, 6) is -0.148. The number of unbranched alkanes of at least 4 members (excludes halogenated alkanes) is 1. The zero-order valence-corrected chi connectivity index (χ0v) is 17.7. The average Bonchev–Trinajstić information content (AvgIpc) is 2.77. The van der Waals surface area contributed by atoms with Gasteiger partial charge >= 0.3 is 0 Å². The summed E-state index contributed by atoms with van der Waals surface area (Å²) in [5.41, 5.74) is 6.15.